The second-order valence-corrected chi connectivity index (χ2v) is 6.40. The molecule has 0 spiro atoms. The van der Waals surface area contributed by atoms with Crippen molar-refractivity contribution in [2.24, 2.45) is 0 Å². The third-order valence-corrected chi connectivity index (χ3v) is 4.31. The van der Waals surface area contributed by atoms with Gasteiger partial charge in [0.15, 0.2) is 11.3 Å². The van der Waals surface area contributed by atoms with Gasteiger partial charge in [-0.1, -0.05) is 11.6 Å². The average molecular weight is 401 g/mol. The fourth-order valence-electron chi connectivity index (χ4n) is 2.72. The summed E-state index contributed by atoms with van der Waals surface area (Å²) in [6, 6.07) is 2.12. The maximum Gasteiger partial charge on any atom is 0.433 e. The van der Waals surface area contributed by atoms with Gasteiger partial charge in [-0.3, -0.25) is 9.48 Å². The van der Waals surface area contributed by atoms with Crippen molar-refractivity contribution < 1.29 is 18.0 Å². The molecule has 0 saturated heterocycles. The van der Waals surface area contributed by atoms with Crippen LogP contribution in [-0.4, -0.2) is 42.2 Å². The van der Waals surface area contributed by atoms with Crippen LogP contribution in [0.1, 0.15) is 34.5 Å². The highest BCUT2D eigenvalue weighted by molar-refractivity contribution is 6.31. The van der Waals surface area contributed by atoms with Crippen LogP contribution >= 0.6 is 11.6 Å². The highest BCUT2D eigenvalue weighted by atomic mass is 35.5. The number of alkyl halides is 3. The first-order valence-corrected chi connectivity index (χ1v) is 8.40. The van der Waals surface area contributed by atoms with Gasteiger partial charge in [0.1, 0.15) is 5.69 Å². The molecule has 0 N–H and O–H groups in total. The normalized spacial score (nSPS) is 12.0. The number of aryl methyl sites for hydroxylation is 2. The molecule has 1 amide bonds. The Morgan fingerprint density at radius 1 is 1.33 bits per heavy atom. The number of aromatic nitrogens is 5. The molecule has 0 aliphatic carbocycles. The van der Waals surface area contributed by atoms with Crippen molar-refractivity contribution in [2.75, 3.05) is 7.05 Å². The first-order chi connectivity index (χ1) is 12.6. The molecule has 3 heterocycles. The summed E-state index contributed by atoms with van der Waals surface area (Å²) in [4.78, 5) is 18.0. The summed E-state index contributed by atoms with van der Waals surface area (Å²) in [6.45, 7) is 4.03. The summed E-state index contributed by atoms with van der Waals surface area (Å²) in [6.07, 6.45) is -3.14. The van der Waals surface area contributed by atoms with Gasteiger partial charge in [0, 0.05) is 25.4 Å². The SMILES string of the molecule is CCn1ncc(Cl)c1CN(C)C(=O)c1cc2nc(C)cc(C(F)(F)F)n2n1. The van der Waals surface area contributed by atoms with Gasteiger partial charge in [0.05, 0.1) is 23.5 Å². The zero-order valence-corrected chi connectivity index (χ0v) is 15.5. The van der Waals surface area contributed by atoms with E-state index in [4.69, 9.17) is 11.6 Å². The minimum atomic E-state index is -4.62. The van der Waals surface area contributed by atoms with Gasteiger partial charge in [0.25, 0.3) is 5.91 Å². The van der Waals surface area contributed by atoms with Crippen LogP contribution in [0.4, 0.5) is 13.2 Å². The third kappa shape index (κ3) is 3.61. The fourth-order valence-corrected chi connectivity index (χ4v) is 2.92. The molecule has 27 heavy (non-hydrogen) atoms. The lowest BCUT2D eigenvalue weighted by Gasteiger charge is -2.16. The van der Waals surface area contributed by atoms with Crippen molar-refractivity contribution in [3.05, 3.63) is 46.1 Å². The molecular formula is C16H16ClF3N6O. The molecule has 0 aliphatic rings. The lowest BCUT2D eigenvalue weighted by Crippen LogP contribution is -2.28. The monoisotopic (exact) mass is 400 g/mol. The zero-order chi connectivity index (χ0) is 19.9. The van der Waals surface area contributed by atoms with Gasteiger partial charge in [-0.25, -0.2) is 9.50 Å². The minimum Gasteiger partial charge on any atom is -0.334 e. The molecule has 3 aromatic rings. The smallest absolute Gasteiger partial charge is 0.334 e. The van der Waals surface area contributed by atoms with Crippen molar-refractivity contribution in [3.8, 4) is 0 Å². The second kappa shape index (κ2) is 6.84. The predicted octanol–water partition coefficient (Wildman–Crippen LogP) is 3.20. The minimum absolute atomic E-state index is 0.0456. The summed E-state index contributed by atoms with van der Waals surface area (Å²) in [5.41, 5.74) is -0.362. The van der Waals surface area contributed by atoms with E-state index in [-0.39, 0.29) is 23.6 Å². The van der Waals surface area contributed by atoms with Crippen LogP contribution < -0.4 is 0 Å². The van der Waals surface area contributed by atoms with Gasteiger partial charge in [-0.15, -0.1) is 0 Å². The van der Waals surface area contributed by atoms with E-state index in [1.54, 1.807) is 4.68 Å². The average Bonchev–Trinajstić information content (AvgIpc) is 3.16. The number of nitrogens with zero attached hydrogens (tertiary/aromatic N) is 6. The van der Waals surface area contributed by atoms with E-state index in [0.29, 0.717) is 21.8 Å². The van der Waals surface area contributed by atoms with E-state index in [2.05, 4.69) is 15.2 Å². The van der Waals surface area contributed by atoms with Crippen LogP contribution in [-0.2, 0) is 19.3 Å². The highest BCUT2D eigenvalue weighted by Crippen LogP contribution is 2.30. The Morgan fingerprint density at radius 2 is 2.04 bits per heavy atom. The van der Waals surface area contributed by atoms with Gasteiger partial charge < -0.3 is 4.90 Å². The first-order valence-electron chi connectivity index (χ1n) is 8.02. The lowest BCUT2D eigenvalue weighted by atomic mass is 10.3. The van der Waals surface area contributed by atoms with Gasteiger partial charge >= 0.3 is 6.18 Å². The molecule has 0 fully saturated rings. The van der Waals surface area contributed by atoms with Crippen LogP contribution in [0.25, 0.3) is 5.65 Å². The van der Waals surface area contributed by atoms with Crippen molar-refractivity contribution in [1.82, 2.24) is 29.3 Å². The van der Waals surface area contributed by atoms with Crippen molar-refractivity contribution in [1.29, 1.82) is 0 Å². The maximum absolute atomic E-state index is 13.2. The topological polar surface area (TPSA) is 68.3 Å². The van der Waals surface area contributed by atoms with Crippen molar-refractivity contribution in [3.63, 3.8) is 0 Å². The number of carbonyl (C=O) groups is 1. The number of hydrogen-bond donors (Lipinski definition) is 0. The molecule has 3 aromatic heterocycles. The van der Waals surface area contributed by atoms with E-state index < -0.39 is 17.8 Å². The van der Waals surface area contributed by atoms with Gasteiger partial charge in [-0.2, -0.15) is 23.4 Å². The molecule has 0 atom stereocenters. The molecule has 0 radical (unpaired) electrons. The number of fused-ring (bicyclic) bond motifs is 1. The van der Waals surface area contributed by atoms with E-state index >= 15 is 0 Å². The summed E-state index contributed by atoms with van der Waals surface area (Å²) in [5, 5.41) is 8.32. The van der Waals surface area contributed by atoms with Crippen molar-refractivity contribution >= 4 is 23.2 Å². The molecule has 0 saturated carbocycles. The molecule has 0 unspecified atom stereocenters. The summed E-state index contributed by atoms with van der Waals surface area (Å²) in [7, 11) is 1.51. The molecule has 11 heteroatoms. The Kier molecular flexibility index (Phi) is 4.85. The summed E-state index contributed by atoms with van der Waals surface area (Å²) in [5.74, 6) is -0.550. The third-order valence-electron chi connectivity index (χ3n) is 4.00. The molecular weight excluding hydrogens is 385 g/mol. The van der Waals surface area contributed by atoms with Crippen LogP contribution in [0.5, 0.6) is 0 Å². The van der Waals surface area contributed by atoms with Crippen LogP contribution in [0.15, 0.2) is 18.3 Å². The molecule has 3 rings (SSSR count). The number of halogens is 4. The number of rotatable bonds is 4. The van der Waals surface area contributed by atoms with Crippen LogP contribution in [0.2, 0.25) is 5.02 Å². The number of carbonyl (C=O) groups excluding carboxylic acids is 1. The Morgan fingerprint density at radius 3 is 2.67 bits per heavy atom. The Balaban J connectivity index is 1.95. The molecule has 0 aromatic carbocycles. The van der Waals surface area contributed by atoms with Crippen LogP contribution in [0, 0.1) is 6.92 Å². The summed E-state index contributed by atoms with van der Waals surface area (Å²) < 4.78 is 42.0. The summed E-state index contributed by atoms with van der Waals surface area (Å²) >= 11 is 6.10. The predicted molar refractivity (Wildman–Crippen MR) is 91.4 cm³/mol. The van der Waals surface area contributed by atoms with E-state index in [1.165, 1.54) is 31.1 Å². The van der Waals surface area contributed by atoms with Gasteiger partial charge in [0.2, 0.25) is 0 Å². The second-order valence-electron chi connectivity index (χ2n) is 6.00. The van der Waals surface area contributed by atoms with E-state index in [1.807, 2.05) is 6.92 Å². The lowest BCUT2D eigenvalue weighted by molar-refractivity contribution is -0.142. The van der Waals surface area contributed by atoms with Crippen LogP contribution in [0.3, 0.4) is 0 Å². The standard InChI is InChI=1S/C16H16ClF3N6O/c1-4-25-12(10(17)7-21-25)8-24(3)15(27)11-6-14-22-9(2)5-13(16(18,19)20)26(14)23-11/h5-7H,4,8H2,1-3H3. The molecule has 7 nitrogen and oxygen atoms in total. The quantitative estimate of drug-likeness (QED) is 0.674. The maximum atomic E-state index is 13.2. The largest absolute Gasteiger partial charge is 0.433 e. The Labute approximate surface area is 157 Å². The first kappa shape index (κ1) is 19.2. The Bertz CT molecular complexity index is 1010. The zero-order valence-electron chi connectivity index (χ0n) is 14.7. The molecule has 144 valence electrons. The molecule has 0 aliphatic heterocycles. The Hall–Kier alpha value is -2.62. The fraction of sp³-hybridized carbons (Fsp3) is 0.375. The van der Waals surface area contributed by atoms with Gasteiger partial charge in [-0.05, 0) is 19.9 Å². The van der Waals surface area contributed by atoms with E-state index in [9.17, 15) is 18.0 Å². The number of hydrogen-bond acceptors (Lipinski definition) is 4. The van der Waals surface area contributed by atoms with Crippen molar-refractivity contribution in [2.45, 2.75) is 33.1 Å². The number of amides is 1. The highest BCUT2D eigenvalue weighted by Gasteiger charge is 2.35. The molecule has 0 bridgehead atoms. The van der Waals surface area contributed by atoms with E-state index in [0.717, 1.165) is 6.07 Å².